The van der Waals surface area contributed by atoms with Crippen LogP contribution in [-0.4, -0.2) is 22.2 Å². The first-order valence-electron chi connectivity index (χ1n) is 6.23. The van der Waals surface area contributed by atoms with Crippen LogP contribution in [0, 0.1) is 0 Å². The normalized spacial score (nSPS) is 23.2. The Hall–Kier alpha value is -2.62. The van der Waals surface area contributed by atoms with Crippen molar-refractivity contribution >= 4 is 18.0 Å². The fraction of sp³-hybridized carbons (Fsp3) is 0.125. The van der Waals surface area contributed by atoms with Gasteiger partial charge in [0.15, 0.2) is 0 Å². The highest BCUT2D eigenvalue weighted by Gasteiger charge is 2.47. The number of carboxylic acid groups (broad SMARTS) is 2. The lowest BCUT2D eigenvalue weighted by molar-refractivity contribution is -0.140. The van der Waals surface area contributed by atoms with Crippen LogP contribution < -0.4 is 0 Å². The minimum absolute atomic E-state index is 0.139. The molecule has 4 heteroatoms. The minimum atomic E-state index is -1.39. The molecule has 100 valence electrons. The van der Waals surface area contributed by atoms with Crippen molar-refractivity contribution < 1.29 is 19.8 Å². The maximum atomic E-state index is 11.9. The SMILES string of the molecule is O=C(O)C1=C2C=Cc3ccccc3C2(C(=O)O)C=CC1. The van der Waals surface area contributed by atoms with Gasteiger partial charge < -0.3 is 10.2 Å². The molecular formula is C16H12O4. The first kappa shape index (κ1) is 12.4. The molecule has 0 bridgehead atoms. The van der Waals surface area contributed by atoms with Gasteiger partial charge in [-0.15, -0.1) is 0 Å². The van der Waals surface area contributed by atoms with Gasteiger partial charge >= 0.3 is 11.9 Å². The van der Waals surface area contributed by atoms with E-state index in [4.69, 9.17) is 0 Å². The van der Waals surface area contributed by atoms with Gasteiger partial charge in [-0.25, -0.2) is 4.79 Å². The van der Waals surface area contributed by atoms with Gasteiger partial charge in [-0.1, -0.05) is 48.6 Å². The van der Waals surface area contributed by atoms with Gasteiger partial charge in [-0.2, -0.15) is 0 Å². The summed E-state index contributed by atoms with van der Waals surface area (Å²) in [6.07, 6.45) is 6.85. The van der Waals surface area contributed by atoms with E-state index in [9.17, 15) is 19.8 Å². The van der Waals surface area contributed by atoms with Crippen LogP contribution in [0.4, 0.5) is 0 Å². The highest BCUT2D eigenvalue weighted by Crippen LogP contribution is 2.45. The highest BCUT2D eigenvalue weighted by molar-refractivity contribution is 5.99. The molecule has 0 fully saturated rings. The van der Waals surface area contributed by atoms with Gasteiger partial charge in [0, 0.05) is 5.57 Å². The summed E-state index contributed by atoms with van der Waals surface area (Å²) >= 11 is 0. The molecule has 2 aliphatic rings. The number of allylic oxidation sites excluding steroid dienone is 2. The lowest BCUT2D eigenvalue weighted by atomic mass is 9.65. The fourth-order valence-corrected chi connectivity index (χ4v) is 2.94. The molecule has 0 aromatic heterocycles. The van der Waals surface area contributed by atoms with Crippen molar-refractivity contribution in [3.05, 3.63) is 64.8 Å². The van der Waals surface area contributed by atoms with E-state index in [0.29, 0.717) is 11.1 Å². The van der Waals surface area contributed by atoms with Crippen molar-refractivity contribution in [2.24, 2.45) is 0 Å². The predicted octanol–water partition coefficient (Wildman–Crippen LogP) is 2.38. The van der Waals surface area contributed by atoms with E-state index >= 15 is 0 Å². The van der Waals surface area contributed by atoms with E-state index in [2.05, 4.69) is 0 Å². The van der Waals surface area contributed by atoms with Crippen LogP contribution in [0.2, 0.25) is 0 Å². The van der Waals surface area contributed by atoms with E-state index in [1.165, 1.54) is 0 Å². The number of benzene rings is 1. The number of hydrogen-bond acceptors (Lipinski definition) is 2. The van der Waals surface area contributed by atoms with E-state index in [1.807, 2.05) is 12.1 Å². The van der Waals surface area contributed by atoms with Gasteiger partial charge in [0.05, 0.1) is 0 Å². The number of rotatable bonds is 2. The number of carbonyl (C=O) groups is 2. The molecule has 1 unspecified atom stereocenters. The van der Waals surface area contributed by atoms with Gasteiger partial charge in [0.1, 0.15) is 5.41 Å². The Morgan fingerprint density at radius 1 is 1.10 bits per heavy atom. The van der Waals surface area contributed by atoms with Crippen molar-refractivity contribution in [3.8, 4) is 0 Å². The van der Waals surface area contributed by atoms with E-state index in [1.54, 1.807) is 36.4 Å². The van der Waals surface area contributed by atoms with Gasteiger partial charge in [0.25, 0.3) is 0 Å². The van der Waals surface area contributed by atoms with Crippen LogP contribution in [0.1, 0.15) is 17.5 Å². The van der Waals surface area contributed by atoms with Crippen LogP contribution in [-0.2, 0) is 15.0 Å². The molecule has 20 heavy (non-hydrogen) atoms. The lowest BCUT2D eigenvalue weighted by Crippen LogP contribution is -2.40. The second-order valence-electron chi connectivity index (χ2n) is 4.84. The summed E-state index contributed by atoms with van der Waals surface area (Å²) in [5.41, 5.74) is 0.506. The highest BCUT2D eigenvalue weighted by atomic mass is 16.4. The monoisotopic (exact) mass is 268 g/mol. The third-order valence-corrected chi connectivity index (χ3v) is 3.85. The molecule has 0 saturated carbocycles. The Morgan fingerprint density at radius 3 is 2.55 bits per heavy atom. The first-order valence-corrected chi connectivity index (χ1v) is 6.23. The predicted molar refractivity (Wildman–Crippen MR) is 73.2 cm³/mol. The molecule has 3 rings (SSSR count). The summed E-state index contributed by atoms with van der Waals surface area (Å²) < 4.78 is 0. The number of fused-ring (bicyclic) bond motifs is 3. The Kier molecular flexibility index (Phi) is 2.61. The van der Waals surface area contributed by atoms with Crippen LogP contribution >= 0.6 is 0 Å². The Bertz CT molecular complexity index is 709. The fourth-order valence-electron chi connectivity index (χ4n) is 2.94. The zero-order valence-corrected chi connectivity index (χ0v) is 10.5. The molecule has 2 N–H and O–H groups in total. The zero-order valence-electron chi connectivity index (χ0n) is 10.5. The summed E-state index contributed by atoms with van der Waals surface area (Å²) in [7, 11) is 0. The van der Waals surface area contributed by atoms with Crippen LogP contribution in [0.5, 0.6) is 0 Å². The van der Waals surface area contributed by atoms with Gasteiger partial charge in [-0.3, -0.25) is 4.79 Å². The summed E-state index contributed by atoms with van der Waals surface area (Å²) in [5.74, 6) is -2.13. The van der Waals surface area contributed by atoms with Crippen molar-refractivity contribution in [2.75, 3.05) is 0 Å². The molecule has 1 aromatic carbocycles. The quantitative estimate of drug-likeness (QED) is 0.807. The summed E-state index contributed by atoms with van der Waals surface area (Å²) in [4.78, 5) is 23.3. The molecule has 0 amide bonds. The molecule has 0 saturated heterocycles. The maximum absolute atomic E-state index is 11.9. The Labute approximate surface area is 115 Å². The van der Waals surface area contributed by atoms with Crippen molar-refractivity contribution in [2.45, 2.75) is 11.8 Å². The van der Waals surface area contributed by atoms with Crippen LogP contribution in [0.3, 0.4) is 0 Å². The van der Waals surface area contributed by atoms with Crippen LogP contribution in [0.25, 0.3) is 6.08 Å². The molecule has 1 aromatic rings. The van der Waals surface area contributed by atoms with Crippen molar-refractivity contribution in [3.63, 3.8) is 0 Å². The Balaban J connectivity index is 2.38. The van der Waals surface area contributed by atoms with E-state index < -0.39 is 17.4 Å². The number of aliphatic carboxylic acids is 2. The molecular weight excluding hydrogens is 256 g/mol. The average Bonchev–Trinajstić information content (AvgIpc) is 2.45. The second-order valence-corrected chi connectivity index (χ2v) is 4.84. The standard InChI is InChI=1S/C16H12O4/c17-14(18)11-5-3-9-16(15(19)20)12-6-2-1-4-10(12)7-8-13(11)16/h1-4,6-9H,5H2,(H,17,18)(H,19,20). The van der Waals surface area contributed by atoms with Crippen LogP contribution in [0.15, 0.2) is 53.6 Å². The van der Waals surface area contributed by atoms with Crippen molar-refractivity contribution in [1.82, 2.24) is 0 Å². The molecule has 0 heterocycles. The molecule has 1 atom stereocenters. The lowest BCUT2D eigenvalue weighted by Gasteiger charge is -2.35. The molecule has 0 spiro atoms. The third kappa shape index (κ3) is 1.48. The Morgan fingerprint density at radius 2 is 1.85 bits per heavy atom. The van der Waals surface area contributed by atoms with E-state index in [-0.39, 0.29) is 12.0 Å². The molecule has 4 nitrogen and oxygen atoms in total. The first-order chi connectivity index (χ1) is 9.57. The summed E-state index contributed by atoms with van der Waals surface area (Å²) in [6, 6.07) is 7.17. The maximum Gasteiger partial charge on any atom is 0.332 e. The summed E-state index contributed by atoms with van der Waals surface area (Å²) in [5, 5.41) is 19.1. The van der Waals surface area contributed by atoms with E-state index in [0.717, 1.165) is 5.56 Å². The number of hydrogen-bond donors (Lipinski definition) is 2. The van der Waals surface area contributed by atoms with Gasteiger partial charge in [-0.05, 0) is 23.1 Å². The average molecular weight is 268 g/mol. The van der Waals surface area contributed by atoms with Gasteiger partial charge in [0.2, 0.25) is 0 Å². The third-order valence-electron chi connectivity index (χ3n) is 3.85. The zero-order chi connectivity index (χ0) is 14.3. The topological polar surface area (TPSA) is 74.6 Å². The smallest absolute Gasteiger partial charge is 0.332 e. The minimum Gasteiger partial charge on any atom is -0.480 e. The van der Waals surface area contributed by atoms with Crippen molar-refractivity contribution in [1.29, 1.82) is 0 Å². The largest absolute Gasteiger partial charge is 0.480 e. The second kappa shape index (κ2) is 4.20. The molecule has 0 aliphatic heterocycles. The number of carboxylic acids is 2. The summed E-state index contributed by atoms with van der Waals surface area (Å²) in [6.45, 7) is 0. The molecule has 0 radical (unpaired) electrons. The molecule has 2 aliphatic carbocycles.